The minimum absolute atomic E-state index is 0.00297. The molecular formula is C24H29FN4O. The van der Waals surface area contributed by atoms with Crippen molar-refractivity contribution in [3.63, 3.8) is 0 Å². The number of rotatable bonds is 5. The van der Waals surface area contributed by atoms with Crippen molar-refractivity contribution in [3.05, 3.63) is 64.5 Å². The summed E-state index contributed by atoms with van der Waals surface area (Å²) in [6, 6.07) is 12.6. The number of benzene rings is 2. The number of amides is 1. The highest BCUT2D eigenvalue weighted by molar-refractivity contribution is 6.04. The molecule has 0 atom stereocenters. The van der Waals surface area contributed by atoms with Gasteiger partial charge in [-0.1, -0.05) is 12.1 Å². The zero-order valence-electron chi connectivity index (χ0n) is 18.1. The Morgan fingerprint density at radius 1 is 1.17 bits per heavy atom. The maximum atomic E-state index is 14.2. The Kier molecular flexibility index (Phi) is 6.55. The van der Waals surface area contributed by atoms with E-state index >= 15 is 0 Å². The molecule has 1 saturated heterocycles. The van der Waals surface area contributed by atoms with Crippen molar-refractivity contribution in [3.8, 4) is 6.07 Å². The van der Waals surface area contributed by atoms with Crippen molar-refractivity contribution in [2.24, 2.45) is 0 Å². The summed E-state index contributed by atoms with van der Waals surface area (Å²) in [5.41, 5.74) is 2.56. The zero-order valence-corrected chi connectivity index (χ0v) is 18.1. The van der Waals surface area contributed by atoms with Crippen LogP contribution in [-0.2, 0) is 12.0 Å². The van der Waals surface area contributed by atoms with E-state index in [2.05, 4.69) is 28.2 Å². The van der Waals surface area contributed by atoms with E-state index in [-0.39, 0.29) is 5.56 Å². The van der Waals surface area contributed by atoms with Crippen LogP contribution in [-0.4, -0.2) is 48.9 Å². The molecule has 0 spiro atoms. The fourth-order valence-electron chi connectivity index (χ4n) is 3.68. The van der Waals surface area contributed by atoms with Gasteiger partial charge in [0.05, 0.1) is 17.0 Å². The number of nitrogens with zero attached hydrogens (tertiary/aromatic N) is 3. The van der Waals surface area contributed by atoms with Gasteiger partial charge in [-0.05, 0) is 68.8 Å². The average Bonchev–Trinajstić information content (AvgIpc) is 2.70. The van der Waals surface area contributed by atoms with Crippen LogP contribution in [0, 0.1) is 24.1 Å². The number of piperazine rings is 1. The number of aryl methyl sites for hydroxylation is 1. The fourth-order valence-corrected chi connectivity index (χ4v) is 3.68. The number of anilines is 1. The van der Waals surface area contributed by atoms with Crippen LogP contribution in [0.4, 0.5) is 10.1 Å². The third kappa shape index (κ3) is 5.05. The van der Waals surface area contributed by atoms with Crippen molar-refractivity contribution in [1.82, 2.24) is 9.80 Å². The van der Waals surface area contributed by atoms with Gasteiger partial charge in [0.15, 0.2) is 0 Å². The van der Waals surface area contributed by atoms with E-state index in [0.717, 1.165) is 49.4 Å². The summed E-state index contributed by atoms with van der Waals surface area (Å²) in [6.07, 6.45) is 0. The highest BCUT2D eigenvalue weighted by Crippen LogP contribution is 2.30. The van der Waals surface area contributed by atoms with Gasteiger partial charge in [0.25, 0.3) is 5.91 Å². The van der Waals surface area contributed by atoms with Crippen LogP contribution in [0.15, 0.2) is 36.4 Å². The molecule has 30 heavy (non-hydrogen) atoms. The first kappa shape index (κ1) is 21.9. The number of carbonyl (C=O) groups excluding carboxylic acids is 1. The molecule has 1 N–H and O–H groups in total. The molecule has 0 aromatic heterocycles. The first-order chi connectivity index (χ1) is 14.2. The van der Waals surface area contributed by atoms with E-state index in [1.165, 1.54) is 12.1 Å². The predicted molar refractivity (Wildman–Crippen MR) is 117 cm³/mol. The van der Waals surface area contributed by atoms with Gasteiger partial charge >= 0.3 is 0 Å². The summed E-state index contributed by atoms with van der Waals surface area (Å²) >= 11 is 0. The first-order valence-electron chi connectivity index (χ1n) is 10.2. The van der Waals surface area contributed by atoms with E-state index in [9.17, 15) is 14.4 Å². The Hall–Kier alpha value is -2.75. The maximum Gasteiger partial charge on any atom is 0.258 e. The molecule has 3 rings (SSSR count). The van der Waals surface area contributed by atoms with Crippen LogP contribution in [0.5, 0.6) is 0 Å². The summed E-state index contributed by atoms with van der Waals surface area (Å²) in [7, 11) is 2.12. The van der Waals surface area contributed by atoms with Gasteiger partial charge in [-0.15, -0.1) is 0 Å². The van der Waals surface area contributed by atoms with Crippen LogP contribution < -0.4 is 5.32 Å². The van der Waals surface area contributed by atoms with Gasteiger partial charge < -0.3 is 10.2 Å². The largest absolute Gasteiger partial charge is 0.322 e. The van der Waals surface area contributed by atoms with Crippen LogP contribution in [0.25, 0.3) is 0 Å². The molecule has 6 heteroatoms. The van der Waals surface area contributed by atoms with Crippen LogP contribution >= 0.6 is 0 Å². The molecule has 1 amide bonds. The minimum Gasteiger partial charge on any atom is -0.322 e. The third-order valence-electron chi connectivity index (χ3n) is 5.68. The van der Waals surface area contributed by atoms with Gasteiger partial charge in [-0.2, -0.15) is 5.26 Å². The Balaban J connectivity index is 1.85. The number of nitriles is 1. The lowest BCUT2D eigenvalue weighted by atomic mass is 9.82. The van der Waals surface area contributed by atoms with Crippen LogP contribution in [0.1, 0.15) is 40.9 Å². The second-order valence-electron chi connectivity index (χ2n) is 8.63. The van der Waals surface area contributed by atoms with Gasteiger partial charge in [0.1, 0.15) is 5.82 Å². The fraction of sp³-hybridized carbons (Fsp3) is 0.417. The SMILES string of the molecule is Cc1ccc(C(=O)Nc2ccc(CN3CCN(C)CC3)c(C(C)(C)C#N)c2)c(F)c1. The normalized spacial score (nSPS) is 15.6. The predicted octanol–water partition coefficient (Wildman–Crippen LogP) is 3.94. The van der Waals surface area contributed by atoms with E-state index in [1.807, 2.05) is 32.0 Å². The molecule has 0 aliphatic carbocycles. The number of likely N-dealkylation sites (N-methyl/N-ethyl adjacent to an activating group) is 1. The molecule has 2 aromatic carbocycles. The van der Waals surface area contributed by atoms with E-state index in [1.54, 1.807) is 13.0 Å². The molecule has 0 unspecified atom stereocenters. The van der Waals surface area contributed by atoms with Gasteiger partial charge in [0.2, 0.25) is 0 Å². The maximum absolute atomic E-state index is 14.2. The van der Waals surface area contributed by atoms with Gasteiger partial charge in [-0.3, -0.25) is 9.69 Å². The number of nitrogens with one attached hydrogen (secondary N) is 1. The highest BCUT2D eigenvalue weighted by atomic mass is 19.1. The topological polar surface area (TPSA) is 59.4 Å². The second kappa shape index (κ2) is 8.95. The Morgan fingerprint density at radius 3 is 2.50 bits per heavy atom. The lowest BCUT2D eigenvalue weighted by molar-refractivity contribution is 0.102. The summed E-state index contributed by atoms with van der Waals surface area (Å²) < 4.78 is 14.2. The smallest absolute Gasteiger partial charge is 0.258 e. The molecule has 0 radical (unpaired) electrons. The molecule has 1 aliphatic heterocycles. The number of carbonyl (C=O) groups is 1. The Morgan fingerprint density at radius 2 is 1.87 bits per heavy atom. The van der Waals surface area contributed by atoms with Crippen molar-refractivity contribution in [2.45, 2.75) is 32.7 Å². The second-order valence-corrected chi connectivity index (χ2v) is 8.63. The van der Waals surface area contributed by atoms with Crippen molar-refractivity contribution in [2.75, 3.05) is 38.5 Å². The Bertz CT molecular complexity index is 972. The van der Waals surface area contributed by atoms with E-state index in [0.29, 0.717) is 5.69 Å². The Labute approximate surface area is 178 Å². The quantitative estimate of drug-likeness (QED) is 0.814. The van der Waals surface area contributed by atoms with Crippen LogP contribution in [0.2, 0.25) is 0 Å². The van der Waals surface area contributed by atoms with Crippen LogP contribution in [0.3, 0.4) is 0 Å². The molecule has 1 heterocycles. The molecule has 0 bridgehead atoms. The minimum atomic E-state index is -0.711. The highest BCUT2D eigenvalue weighted by Gasteiger charge is 2.26. The van der Waals surface area contributed by atoms with E-state index in [4.69, 9.17) is 0 Å². The number of hydrogen-bond donors (Lipinski definition) is 1. The molecule has 5 nitrogen and oxygen atoms in total. The molecule has 158 valence electrons. The standard InChI is InChI=1S/C24H29FN4O/c1-17-5-8-20(22(25)13-17)23(30)27-19-7-6-18(21(14-19)24(2,3)16-26)15-29-11-9-28(4)10-12-29/h5-8,13-14H,9-12,15H2,1-4H3,(H,27,30). The van der Waals surface area contributed by atoms with E-state index < -0.39 is 17.1 Å². The number of hydrogen-bond acceptors (Lipinski definition) is 4. The third-order valence-corrected chi connectivity index (χ3v) is 5.68. The number of halogens is 1. The van der Waals surface area contributed by atoms with Crippen molar-refractivity contribution >= 4 is 11.6 Å². The molecule has 1 aliphatic rings. The molecule has 2 aromatic rings. The summed E-state index contributed by atoms with van der Waals surface area (Å²) in [5.74, 6) is -1.04. The van der Waals surface area contributed by atoms with Gasteiger partial charge in [-0.25, -0.2) is 4.39 Å². The average molecular weight is 409 g/mol. The zero-order chi connectivity index (χ0) is 21.9. The van der Waals surface area contributed by atoms with Crippen molar-refractivity contribution in [1.29, 1.82) is 5.26 Å². The summed E-state index contributed by atoms with van der Waals surface area (Å²) in [6.45, 7) is 10.3. The lowest BCUT2D eigenvalue weighted by Crippen LogP contribution is -2.44. The first-order valence-corrected chi connectivity index (χ1v) is 10.2. The molecule has 0 saturated carbocycles. The monoisotopic (exact) mass is 408 g/mol. The molecular weight excluding hydrogens is 379 g/mol. The summed E-state index contributed by atoms with van der Waals surface area (Å²) in [5, 5.41) is 12.5. The lowest BCUT2D eigenvalue weighted by Gasteiger charge is -2.33. The van der Waals surface area contributed by atoms with Gasteiger partial charge in [0, 0.05) is 38.4 Å². The van der Waals surface area contributed by atoms with Crippen molar-refractivity contribution < 1.29 is 9.18 Å². The summed E-state index contributed by atoms with van der Waals surface area (Å²) in [4.78, 5) is 17.3. The molecule has 1 fully saturated rings.